The summed E-state index contributed by atoms with van der Waals surface area (Å²) in [5.41, 5.74) is 1.73. The molecular weight excluding hydrogens is 343 g/mol. The van der Waals surface area contributed by atoms with Crippen LogP contribution < -0.4 is 10.6 Å². The number of ether oxygens (including phenoxy) is 1. The number of hydrogen-bond donors (Lipinski definition) is 2. The molecule has 1 aromatic carbocycles. The topological polar surface area (TPSA) is 50.4 Å². The fraction of sp³-hybridized carbons (Fsp3) is 0.462. The van der Waals surface area contributed by atoms with Gasteiger partial charge in [0.1, 0.15) is 6.61 Å². The summed E-state index contributed by atoms with van der Waals surface area (Å²) in [6.07, 6.45) is 0. The maximum atomic E-state index is 11.8. The van der Waals surface area contributed by atoms with Crippen LogP contribution >= 0.6 is 22.6 Å². The molecule has 1 saturated heterocycles. The Bertz CT molecular complexity index is 458. The van der Waals surface area contributed by atoms with Crippen molar-refractivity contribution in [2.24, 2.45) is 0 Å². The first-order valence-electron chi connectivity index (χ1n) is 5.89. The maximum absolute atomic E-state index is 11.8. The van der Waals surface area contributed by atoms with Gasteiger partial charge < -0.3 is 15.4 Å². The lowest BCUT2D eigenvalue weighted by atomic mass is 10.0. The predicted octanol–water partition coefficient (Wildman–Crippen LogP) is 1.92. The molecule has 0 aliphatic carbocycles. The van der Waals surface area contributed by atoms with Crippen LogP contribution in [0.3, 0.4) is 0 Å². The minimum Gasteiger partial charge on any atom is -0.363 e. The second-order valence-corrected chi connectivity index (χ2v) is 6.10. The fourth-order valence-electron chi connectivity index (χ4n) is 1.73. The van der Waals surface area contributed by atoms with E-state index in [2.05, 4.69) is 33.2 Å². The highest BCUT2D eigenvalue weighted by Gasteiger charge is 2.32. The molecular formula is C13H17IN2O2. The van der Waals surface area contributed by atoms with Crippen LogP contribution in [-0.2, 0) is 9.53 Å². The van der Waals surface area contributed by atoms with E-state index in [4.69, 9.17) is 4.74 Å². The van der Waals surface area contributed by atoms with Crippen molar-refractivity contribution in [3.05, 3.63) is 27.3 Å². The molecule has 5 heteroatoms. The second kappa shape index (κ2) is 5.54. The highest BCUT2D eigenvalue weighted by atomic mass is 127. The Morgan fingerprint density at radius 3 is 2.89 bits per heavy atom. The zero-order valence-corrected chi connectivity index (χ0v) is 12.7. The molecule has 2 rings (SSSR count). The number of hydrogen-bond acceptors (Lipinski definition) is 3. The molecule has 2 N–H and O–H groups in total. The molecule has 0 bridgehead atoms. The van der Waals surface area contributed by atoms with Crippen LogP contribution in [0, 0.1) is 10.5 Å². The van der Waals surface area contributed by atoms with Gasteiger partial charge in [0.15, 0.2) is 0 Å². The van der Waals surface area contributed by atoms with Crippen LogP contribution in [0.15, 0.2) is 18.2 Å². The molecule has 1 heterocycles. The number of nitrogens with one attached hydrogen (secondary N) is 2. The van der Waals surface area contributed by atoms with E-state index in [1.54, 1.807) is 0 Å². The minimum absolute atomic E-state index is 0.100. The van der Waals surface area contributed by atoms with Crippen LogP contribution in [0.25, 0.3) is 0 Å². The largest absolute Gasteiger partial charge is 0.363 e. The molecule has 0 saturated carbocycles. The molecule has 18 heavy (non-hydrogen) atoms. The molecule has 0 aromatic heterocycles. The van der Waals surface area contributed by atoms with Crippen LogP contribution in [0.5, 0.6) is 0 Å². The Balaban J connectivity index is 1.88. The molecule has 1 aliphatic rings. The molecule has 0 radical (unpaired) electrons. The SMILES string of the molecule is Cc1ccc(I)cc1NC(=O)COC1(C)CNC1. The van der Waals surface area contributed by atoms with E-state index in [0.717, 1.165) is 27.9 Å². The number of anilines is 1. The van der Waals surface area contributed by atoms with Gasteiger partial charge in [0, 0.05) is 22.3 Å². The lowest BCUT2D eigenvalue weighted by molar-refractivity contribution is -0.130. The van der Waals surface area contributed by atoms with Crippen molar-refractivity contribution >= 4 is 34.2 Å². The van der Waals surface area contributed by atoms with E-state index in [9.17, 15) is 4.79 Å². The van der Waals surface area contributed by atoms with Crippen molar-refractivity contribution in [1.82, 2.24) is 5.32 Å². The molecule has 1 fully saturated rings. The average molecular weight is 360 g/mol. The normalized spacial score (nSPS) is 17.1. The van der Waals surface area contributed by atoms with Crippen molar-refractivity contribution in [3.63, 3.8) is 0 Å². The Labute approximate surface area is 121 Å². The number of benzene rings is 1. The lowest BCUT2D eigenvalue weighted by Gasteiger charge is -2.38. The van der Waals surface area contributed by atoms with Crippen molar-refractivity contribution in [3.8, 4) is 0 Å². The predicted molar refractivity (Wildman–Crippen MR) is 79.8 cm³/mol. The molecule has 98 valence electrons. The van der Waals surface area contributed by atoms with E-state index in [1.165, 1.54) is 0 Å². The zero-order chi connectivity index (χ0) is 13.2. The molecule has 1 aliphatic heterocycles. The molecule has 1 amide bonds. The van der Waals surface area contributed by atoms with Gasteiger partial charge in [-0.25, -0.2) is 0 Å². The van der Waals surface area contributed by atoms with E-state index in [-0.39, 0.29) is 18.1 Å². The molecule has 4 nitrogen and oxygen atoms in total. The third-order valence-corrected chi connectivity index (χ3v) is 3.69. The van der Waals surface area contributed by atoms with Gasteiger partial charge in [0.25, 0.3) is 0 Å². The molecule has 0 unspecified atom stereocenters. The highest BCUT2D eigenvalue weighted by molar-refractivity contribution is 14.1. The molecule has 1 aromatic rings. The van der Waals surface area contributed by atoms with Gasteiger partial charge in [0.05, 0.1) is 5.60 Å². The standard InChI is InChI=1S/C13H17IN2O2/c1-9-3-4-10(14)5-11(9)16-12(17)6-18-13(2)7-15-8-13/h3-5,15H,6-8H2,1-2H3,(H,16,17). The number of carbonyl (C=O) groups is 1. The summed E-state index contributed by atoms with van der Waals surface area (Å²) in [5, 5.41) is 6.02. The molecule has 0 spiro atoms. The van der Waals surface area contributed by atoms with Crippen molar-refractivity contribution in [2.45, 2.75) is 19.4 Å². The van der Waals surface area contributed by atoms with Crippen LogP contribution in [0.1, 0.15) is 12.5 Å². The van der Waals surface area contributed by atoms with Crippen LogP contribution in [0.4, 0.5) is 5.69 Å². The monoisotopic (exact) mass is 360 g/mol. The summed E-state index contributed by atoms with van der Waals surface area (Å²) in [7, 11) is 0. The number of amides is 1. The van der Waals surface area contributed by atoms with Gasteiger partial charge in [-0.1, -0.05) is 6.07 Å². The Hall–Kier alpha value is -0.660. The van der Waals surface area contributed by atoms with E-state index in [1.807, 2.05) is 32.0 Å². The summed E-state index contributed by atoms with van der Waals surface area (Å²) < 4.78 is 6.69. The minimum atomic E-state index is -0.183. The third kappa shape index (κ3) is 3.43. The van der Waals surface area contributed by atoms with Crippen molar-refractivity contribution in [2.75, 3.05) is 25.0 Å². The number of rotatable bonds is 4. The first kappa shape index (κ1) is 13.8. The summed E-state index contributed by atoms with van der Waals surface area (Å²) in [5.74, 6) is -0.103. The van der Waals surface area contributed by atoms with Gasteiger partial charge in [-0.15, -0.1) is 0 Å². The number of halogens is 1. The van der Waals surface area contributed by atoms with E-state index >= 15 is 0 Å². The smallest absolute Gasteiger partial charge is 0.250 e. The van der Waals surface area contributed by atoms with Gasteiger partial charge in [-0.05, 0) is 54.1 Å². The first-order chi connectivity index (χ1) is 8.48. The quantitative estimate of drug-likeness (QED) is 0.807. The average Bonchev–Trinajstić information content (AvgIpc) is 2.29. The molecule has 0 atom stereocenters. The number of aryl methyl sites for hydroxylation is 1. The summed E-state index contributed by atoms with van der Waals surface area (Å²) in [4.78, 5) is 11.8. The Morgan fingerprint density at radius 2 is 2.28 bits per heavy atom. The zero-order valence-electron chi connectivity index (χ0n) is 10.5. The lowest BCUT2D eigenvalue weighted by Crippen LogP contribution is -2.59. The summed E-state index contributed by atoms with van der Waals surface area (Å²) in [6.45, 7) is 5.70. The van der Waals surface area contributed by atoms with E-state index in [0.29, 0.717) is 0 Å². The van der Waals surface area contributed by atoms with Crippen molar-refractivity contribution in [1.29, 1.82) is 0 Å². The van der Waals surface area contributed by atoms with Gasteiger partial charge in [-0.2, -0.15) is 0 Å². The van der Waals surface area contributed by atoms with Gasteiger partial charge >= 0.3 is 0 Å². The van der Waals surface area contributed by atoms with Gasteiger partial charge in [-0.3, -0.25) is 4.79 Å². The third-order valence-electron chi connectivity index (χ3n) is 3.02. The van der Waals surface area contributed by atoms with Crippen molar-refractivity contribution < 1.29 is 9.53 Å². The summed E-state index contributed by atoms with van der Waals surface area (Å²) >= 11 is 2.23. The summed E-state index contributed by atoms with van der Waals surface area (Å²) in [6, 6.07) is 5.97. The Kier molecular flexibility index (Phi) is 4.24. The number of carbonyl (C=O) groups excluding carboxylic acids is 1. The van der Waals surface area contributed by atoms with E-state index < -0.39 is 0 Å². The Morgan fingerprint density at radius 1 is 1.56 bits per heavy atom. The van der Waals surface area contributed by atoms with Gasteiger partial charge in [0.2, 0.25) is 5.91 Å². The maximum Gasteiger partial charge on any atom is 0.250 e. The highest BCUT2D eigenvalue weighted by Crippen LogP contribution is 2.19. The fourth-order valence-corrected chi connectivity index (χ4v) is 2.23. The van der Waals surface area contributed by atoms with Crippen LogP contribution in [-0.4, -0.2) is 31.2 Å². The first-order valence-corrected chi connectivity index (χ1v) is 6.97. The van der Waals surface area contributed by atoms with Crippen LogP contribution in [0.2, 0.25) is 0 Å². The second-order valence-electron chi connectivity index (χ2n) is 4.85.